The molecule has 1 fully saturated rings. The lowest BCUT2D eigenvalue weighted by Gasteiger charge is -2.39. The summed E-state index contributed by atoms with van der Waals surface area (Å²) in [5.74, 6) is 0.0360. The van der Waals surface area contributed by atoms with Crippen LogP contribution in [0.15, 0.2) is 12.3 Å². The van der Waals surface area contributed by atoms with E-state index in [1.54, 1.807) is 6.07 Å². The zero-order valence-electron chi connectivity index (χ0n) is 12.2. The Kier molecular flexibility index (Phi) is 5.07. The van der Waals surface area contributed by atoms with Gasteiger partial charge in [0.2, 0.25) is 0 Å². The van der Waals surface area contributed by atoms with Gasteiger partial charge in [-0.1, -0.05) is 18.5 Å². The summed E-state index contributed by atoms with van der Waals surface area (Å²) in [5.41, 5.74) is 6.49. The second-order valence-electron chi connectivity index (χ2n) is 5.39. The van der Waals surface area contributed by atoms with Crippen molar-refractivity contribution in [1.29, 1.82) is 0 Å². The van der Waals surface area contributed by atoms with Crippen molar-refractivity contribution in [3.05, 3.63) is 23.0 Å². The molecule has 20 heavy (non-hydrogen) atoms. The van der Waals surface area contributed by atoms with Crippen LogP contribution in [0.4, 0.5) is 0 Å². The molecule has 1 saturated heterocycles. The van der Waals surface area contributed by atoms with Gasteiger partial charge in [-0.2, -0.15) is 0 Å². The van der Waals surface area contributed by atoms with Gasteiger partial charge in [-0.25, -0.2) is 0 Å². The maximum absolute atomic E-state index is 12.8. The Morgan fingerprint density at radius 2 is 2.25 bits per heavy atom. The van der Waals surface area contributed by atoms with Gasteiger partial charge in [-0.15, -0.1) is 0 Å². The molecule has 1 amide bonds. The van der Waals surface area contributed by atoms with E-state index in [0.29, 0.717) is 23.8 Å². The molecule has 0 saturated carbocycles. The van der Waals surface area contributed by atoms with Crippen molar-refractivity contribution in [3.63, 3.8) is 0 Å². The van der Waals surface area contributed by atoms with Gasteiger partial charge in [-0.05, 0) is 19.5 Å². The molecule has 0 aromatic carbocycles. The third kappa shape index (κ3) is 3.16. The molecule has 0 spiro atoms. The van der Waals surface area contributed by atoms with Crippen LogP contribution in [0.1, 0.15) is 23.8 Å². The fourth-order valence-electron chi connectivity index (χ4n) is 2.71. The second kappa shape index (κ2) is 6.61. The van der Waals surface area contributed by atoms with Crippen LogP contribution >= 0.6 is 11.6 Å². The number of hydrogen-bond acceptors (Lipinski definition) is 3. The lowest BCUT2D eigenvalue weighted by atomic mass is 10.1. The summed E-state index contributed by atoms with van der Waals surface area (Å²) < 4.78 is 1.94. The summed E-state index contributed by atoms with van der Waals surface area (Å²) in [6.07, 6.45) is 2.79. The highest BCUT2D eigenvalue weighted by atomic mass is 35.5. The van der Waals surface area contributed by atoms with Crippen molar-refractivity contribution in [1.82, 2.24) is 14.4 Å². The van der Waals surface area contributed by atoms with Crippen LogP contribution in [-0.2, 0) is 6.54 Å². The van der Waals surface area contributed by atoms with E-state index < -0.39 is 0 Å². The van der Waals surface area contributed by atoms with Crippen LogP contribution in [0, 0.1) is 0 Å². The van der Waals surface area contributed by atoms with E-state index in [4.69, 9.17) is 17.3 Å². The lowest BCUT2D eigenvalue weighted by Crippen LogP contribution is -2.57. The van der Waals surface area contributed by atoms with Gasteiger partial charge >= 0.3 is 0 Å². The number of rotatable bonds is 4. The molecule has 2 heterocycles. The SMILES string of the molecule is CCCn1cc(Cl)cc1C(=O)N1CCN(C)CC1CN. The highest BCUT2D eigenvalue weighted by Crippen LogP contribution is 2.19. The van der Waals surface area contributed by atoms with Crippen LogP contribution in [0.3, 0.4) is 0 Å². The van der Waals surface area contributed by atoms with Crippen molar-refractivity contribution in [3.8, 4) is 0 Å². The Hall–Kier alpha value is -1.04. The number of nitrogens with two attached hydrogens (primary N) is 1. The number of nitrogens with zero attached hydrogens (tertiary/aromatic N) is 3. The van der Waals surface area contributed by atoms with Crippen molar-refractivity contribution >= 4 is 17.5 Å². The summed E-state index contributed by atoms with van der Waals surface area (Å²) in [4.78, 5) is 16.9. The summed E-state index contributed by atoms with van der Waals surface area (Å²) in [6, 6.07) is 1.83. The zero-order chi connectivity index (χ0) is 14.7. The molecule has 0 radical (unpaired) electrons. The number of aryl methyl sites for hydroxylation is 1. The van der Waals surface area contributed by atoms with Crippen molar-refractivity contribution in [2.75, 3.05) is 33.2 Å². The van der Waals surface area contributed by atoms with E-state index in [0.717, 1.165) is 26.1 Å². The maximum atomic E-state index is 12.8. The molecule has 5 nitrogen and oxygen atoms in total. The summed E-state index contributed by atoms with van der Waals surface area (Å²) in [7, 11) is 2.06. The lowest BCUT2D eigenvalue weighted by molar-refractivity contribution is 0.0505. The average Bonchev–Trinajstić information content (AvgIpc) is 2.79. The van der Waals surface area contributed by atoms with Gasteiger partial charge in [0.25, 0.3) is 5.91 Å². The van der Waals surface area contributed by atoms with E-state index in [1.165, 1.54) is 0 Å². The Morgan fingerprint density at radius 3 is 2.90 bits per heavy atom. The van der Waals surface area contributed by atoms with E-state index in [2.05, 4.69) is 18.9 Å². The Labute approximate surface area is 125 Å². The number of hydrogen-bond donors (Lipinski definition) is 1. The van der Waals surface area contributed by atoms with E-state index in [9.17, 15) is 4.79 Å². The van der Waals surface area contributed by atoms with Crippen molar-refractivity contribution in [2.24, 2.45) is 5.73 Å². The number of likely N-dealkylation sites (N-methyl/N-ethyl adjacent to an activating group) is 1. The predicted octanol–water partition coefficient (Wildman–Crippen LogP) is 1.27. The van der Waals surface area contributed by atoms with E-state index in [-0.39, 0.29) is 11.9 Å². The number of carbonyl (C=O) groups excluding carboxylic acids is 1. The standard InChI is InChI=1S/C14H23ClN4O/c1-3-4-18-9-11(15)7-13(18)14(20)19-6-5-17(2)10-12(19)8-16/h7,9,12H,3-6,8,10,16H2,1-2H3. The van der Waals surface area contributed by atoms with Gasteiger partial charge in [0.1, 0.15) is 5.69 Å². The molecule has 0 aliphatic carbocycles. The molecule has 2 rings (SSSR count). The normalized spacial score (nSPS) is 20.4. The number of amides is 1. The molecule has 1 atom stereocenters. The number of aromatic nitrogens is 1. The first-order chi connectivity index (χ1) is 9.56. The van der Waals surface area contributed by atoms with Crippen molar-refractivity contribution < 1.29 is 4.79 Å². The van der Waals surface area contributed by atoms with E-state index in [1.807, 2.05) is 15.7 Å². The molecule has 1 aromatic heterocycles. The van der Waals surface area contributed by atoms with Gasteiger partial charge in [0.05, 0.1) is 11.1 Å². The van der Waals surface area contributed by atoms with Gasteiger partial charge in [0, 0.05) is 38.9 Å². The summed E-state index contributed by atoms with van der Waals surface area (Å²) in [5, 5.41) is 0.611. The maximum Gasteiger partial charge on any atom is 0.270 e. The zero-order valence-corrected chi connectivity index (χ0v) is 12.9. The van der Waals surface area contributed by atoms with Crippen LogP contribution in [0.25, 0.3) is 0 Å². The first-order valence-electron chi connectivity index (χ1n) is 7.12. The van der Waals surface area contributed by atoms with Crippen molar-refractivity contribution in [2.45, 2.75) is 25.9 Å². The third-order valence-electron chi connectivity index (χ3n) is 3.77. The van der Waals surface area contributed by atoms with Gasteiger partial charge in [0.15, 0.2) is 0 Å². The van der Waals surface area contributed by atoms with Gasteiger partial charge in [-0.3, -0.25) is 4.79 Å². The quantitative estimate of drug-likeness (QED) is 0.911. The fourth-order valence-corrected chi connectivity index (χ4v) is 2.93. The molecule has 1 unspecified atom stereocenters. The van der Waals surface area contributed by atoms with Gasteiger partial charge < -0.3 is 20.1 Å². The van der Waals surface area contributed by atoms with Crippen LogP contribution < -0.4 is 5.73 Å². The number of carbonyl (C=O) groups is 1. The van der Waals surface area contributed by atoms with Crippen LogP contribution in [0.5, 0.6) is 0 Å². The largest absolute Gasteiger partial charge is 0.342 e. The van der Waals surface area contributed by atoms with Crippen LogP contribution in [0.2, 0.25) is 5.02 Å². The molecule has 1 aromatic rings. The predicted molar refractivity (Wildman–Crippen MR) is 81.1 cm³/mol. The minimum atomic E-state index is 0.0360. The molecule has 6 heteroatoms. The third-order valence-corrected chi connectivity index (χ3v) is 3.97. The highest BCUT2D eigenvalue weighted by Gasteiger charge is 2.30. The first kappa shape index (κ1) is 15.4. The molecule has 1 aliphatic heterocycles. The number of halogens is 1. The molecule has 2 N–H and O–H groups in total. The monoisotopic (exact) mass is 298 g/mol. The smallest absolute Gasteiger partial charge is 0.270 e. The highest BCUT2D eigenvalue weighted by molar-refractivity contribution is 6.31. The Morgan fingerprint density at radius 1 is 1.50 bits per heavy atom. The minimum Gasteiger partial charge on any atom is -0.342 e. The molecule has 112 valence electrons. The Balaban J connectivity index is 2.21. The fraction of sp³-hybridized carbons (Fsp3) is 0.643. The Bertz CT molecular complexity index is 474. The topological polar surface area (TPSA) is 54.5 Å². The minimum absolute atomic E-state index is 0.0360. The average molecular weight is 299 g/mol. The molecular weight excluding hydrogens is 276 g/mol. The number of piperazine rings is 1. The molecular formula is C14H23ClN4O. The molecule has 1 aliphatic rings. The summed E-state index contributed by atoms with van der Waals surface area (Å²) >= 11 is 6.05. The molecule has 0 bridgehead atoms. The second-order valence-corrected chi connectivity index (χ2v) is 5.82. The van der Waals surface area contributed by atoms with Crippen LogP contribution in [-0.4, -0.2) is 59.5 Å². The van der Waals surface area contributed by atoms with E-state index >= 15 is 0 Å². The first-order valence-corrected chi connectivity index (χ1v) is 7.49. The summed E-state index contributed by atoms with van der Waals surface area (Å²) in [6.45, 7) is 5.79.